The first-order valence-electron chi connectivity index (χ1n) is 5.86. The van der Waals surface area contributed by atoms with E-state index in [2.05, 4.69) is 0 Å². The Hall–Kier alpha value is -2.41. The van der Waals surface area contributed by atoms with Gasteiger partial charge in [0, 0.05) is 22.8 Å². The summed E-state index contributed by atoms with van der Waals surface area (Å²) in [5, 5.41) is 19.5. The molecular formula is C14H10FNO4S. The number of halogens is 1. The molecule has 0 amide bonds. The Balaban J connectivity index is 2.13. The molecule has 2 rings (SSSR count). The van der Waals surface area contributed by atoms with Gasteiger partial charge in [-0.05, 0) is 23.8 Å². The number of nitro groups is 1. The van der Waals surface area contributed by atoms with Crippen LogP contribution >= 0.6 is 11.8 Å². The maximum absolute atomic E-state index is 13.3. The fourth-order valence-electron chi connectivity index (χ4n) is 1.68. The number of hydrogen-bond donors (Lipinski definition) is 1. The van der Waals surface area contributed by atoms with Crippen molar-refractivity contribution in [3.8, 4) is 0 Å². The van der Waals surface area contributed by atoms with Gasteiger partial charge in [-0.15, -0.1) is 11.8 Å². The lowest BCUT2D eigenvalue weighted by molar-refractivity contribution is -0.384. The van der Waals surface area contributed by atoms with E-state index < -0.39 is 16.7 Å². The Bertz CT molecular complexity index is 705. The molecule has 0 atom stereocenters. The van der Waals surface area contributed by atoms with Crippen LogP contribution in [0.25, 0.3) is 0 Å². The number of carboxylic acid groups (broad SMARTS) is 1. The number of carbonyl (C=O) groups is 1. The van der Waals surface area contributed by atoms with Crippen LogP contribution in [-0.2, 0) is 5.75 Å². The number of aromatic carboxylic acids is 1. The normalized spacial score (nSPS) is 10.3. The fourth-order valence-corrected chi connectivity index (χ4v) is 2.56. The van der Waals surface area contributed by atoms with Gasteiger partial charge in [0.2, 0.25) is 0 Å². The van der Waals surface area contributed by atoms with Crippen LogP contribution in [0.2, 0.25) is 0 Å². The van der Waals surface area contributed by atoms with Crippen molar-refractivity contribution in [3.05, 3.63) is 69.5 Å². The van der Waals surface area contributed by atoms with Crippen molar-refractivity contribution in [2.75, 3.05) is 0 Å². The molecule has 0 heterocycles. The largest absolute Gasteiger partial charge is 0.478 e. The third-order valence-corrected chi connectivity index (χ3v) is 3.76. The molecule has 0 aliphatic rings. The van der Waals surface area contributed by atoms with Crippen LogP contribution in [0.15, 0.2) is 47.4 Å². The van der Waals surface area contributed by atoms with Gasteiger partial charge in [0.1, 0.15) is 5.82 Å². The van der Waals surface area contributed by atoms with Crippen molar-refractivity contribution in [2.45, 2.75) is 10.6 Å². The third kappa shape index (κ3) is 3.79. The van der Waals surface area contributed by atoms with E-state index in [-0.39, 0.29) is 11.3 Å². The second kappa shape index (κ2) is 6.36. The van der Waals surface area contributed by atoms with E-state index >= 15 is 0 Å². The number of nitrogens with zero attached hydrogens (tertiary/aromatic N) is 1. The highest BCUT2D eigenvalue weighted by molar-refractivity contribution is 7.98. The van der Waals surface area contributed by atoms with E-state index in [9.17, 15) is 19.3 Å². The number of benzene rings is 2. The van der Waals surface area contributed by atoms with E-state index in [0.29, 0.717) is 10.6 Å². The summed E-state index contributed by atoms with van der Waals surface area (Å²) in [6, 6.07) is 9.99. The Morgan fingerprint density at radius 1 is 1.29 bits per heavy atom. The smallest absolute Gasteiger partial charge is 0.338 e. The molecule has 0 radical (unpaired) electrons. The molecule has 0 aliphatic carbocycles. The van der Waals surface area contributed by atoms with Gasteiger partial charge in [-0.2, -0.15) is 0 Å². The lowest BCUT2D eigenvalue weighted by Crippen LogP contribution is -2.00. The summed E-state index contributed by atoms with van der Waals surface area (Å²) in [7, 11) is 0. The minimum Gasteiger partial charge on any atom is -0.478 e. The Labute approximate surface area is 123 Å². The van der Waals surface area contributed by atoms with E-state index in [4.69, 9.17) is 5.11 Å². The van der Waals surface area contributed by atoms with E-state index in [1.54, 1.807) is 12.1 Å². The summed E-state index contributed by atoms with van der Waals surface area (Å²) in [5.41, 5.74) is 0.341. The molecule has 0 fully saturated rings. The maximum Gasteiger partial charge on any atom is 0.338 e. The van der Waals surface area contributed by atoms with Crippen molar-refractivity contribution in [1.82, 2.24) is 0 Å². The van der Waals surface area contributed by atoms with Crippen molar-refractivity contribution in [3.63, 3.8) is 0 Å². The lowest BCUT2D eigenvalue weighted by Gasteiger charge is -2.04. The maximum atomic E-state index is 13.3. The van der Waals surface area contributed by atoms with Gasteiger partial charge in [0.15, 0.2) is 0 Å². The van der Waals surface area contributed by atoms with Crippen molar-refractivity contribution in [1.29, 1.82) is 0 Å². The number of rotatable bonds is 5. The van der Waals surface area contributed by atoms with E-state index in [1.807, 2.05) is 0 Å². The van der Waals surface area contributed by atoms with Crippen LogP contribution in [0.3, 0.4) is 0 Å². The molecule has 2 aromatic rings. The predicted octanol–water partition coefficient (Wildman–Crippen LogP) is 3.72. The van der Waals surface area contributed by atoms with Crippen LogP contribution < -0.4 is 0 Å². The van der Waals surface area contributed by atoms with Crippen LogP contribution in [0, 0.1) is 15.9 Å². The molecular weight excluding hydrogens is 297 g/mol. The summed E-state index contributed by atoms with van der Waals surface area (Å²) in [4.78, 5) is 21.6. The standard InChI is InChI=1S/C14H10FNO4S/c15-13-5-4-11(7-12(13)14(17)18)21-8-9-2-1-3-10(6-9)16(19)20/h1-7H,8H2,(H,17,18). The monoisotopic (exact) mass is 307 g/mol. The fraction of sp³-hybridized carbons (Fsp3) is 0.0714. The van der Waals surface area contributed by atoms with Gasteiger partial charge < -0.3 is 5.11 Å². The first-order chi connectivity index (χ1) is 9.97. The number of carboxylic acids is 1. The van der Waals surface area contributed by atoms with Gasteiger partial charge in [-0.3, -0.25) is 10.1 Å². The summed E-state index contributed by atoms with van der Waals surface area (Å²) in [5.74, 6) is -1.70. The zero-order valence-electron chi connectivity index (χ0n) is 10.7. The first kappa shape index (κ1) is 15.0. The lowest BCUT2D eigenvalue weighted by atomic mass is 10.2. The molecule has 1 N–H and O–H groups in total. The minimum atomic E-state index is -1.33. The Morgan fingerprint density at radius 2 is 2.05 bits per heavy atom. The number of nitro benzene ring substituents is 1. The Kier molecular flexibility index (Phi) is 4.54. The predicted molar refractivity (Wildman–Crippen MR) is 76.0 cm³/mol. The average Bonchev–Trinajstić information content (AvgIpc) is 2.46. The number of thioether (sulfide) groups is 1. The first-order valence-corrected chi connectivity index (χ1v) is 6.85. The molecule has 0 bridgehead atoms. The van der Waals surface area contributed by atoms with Crippen LogP contribution in [0.1, 0.15) is 15.9 Å². The second-order valence-electron chi connectivity index (χ2n) is 4.16. The zero-order chi connectivity index (χ0) is 15.4. The van der Waals surface area contributed by atoms with Crippen molar-refractivity contribution in [2.24, 2.45) is 0 Å². The number of non-ortho nitro benzene ring substituents is 1. The van der Waals surface area contributed by atoms with Crippen molar-refractivity contribution < 1.29 is 19.2 Å². The molecule has 0 aromatic heterocycles. The van der Waals surface area contributed by atoms with Gasteiger partial charge in [-0.1, -0.05) is 12.1 Å². The third-order valence-electron chi connectivity index (χ3n) is 2.70. The summed E-state index contributed by atoms with van der Waals surface area (Å²) >= 11 is 1.28. The van der Waals surface area contributed by atoms with Crippen LogP contribution in [-0.4, -0.2) is 16.0 Å². The highest BCUT2D eigenvalue weighted by Gasteiger charge is 2.11. The molecule has 0 saturated carbocycles. The SMILES string of the molecule is O=C(O)c1cc(SCc2cccc([N+](=O)[O-])c2)ccc1F. The van der Waals surface area contributed by atoms with Gasteiger partial charge in [0.25, 0.3) is 5.69 Å². The molecule has 0 unspecified atom stereocenters. The molecule has 0 aliphatic heterocycles. The second-order valence-corrected chi connectivity index (χ2v) is 5.21. The quantitative estimate of drug-likeness (QED) is 0.517. The molecule has 7 heteroatoms. The topological polar surface area (TPSA) is 80.4 Å². The molecule has 21 heavy (non-hydrogen) atoms. The highest BCUT2D eigenvalue weighted by atomic mass is 32.2. The minimum absolute atomic E-state index is 0.00145. The number of hydrogen-bond acceptors (Lipinski definition) is 4. The molecule has 5 nitrogen and oxygen atoms in total. The summed E-state index contributed by atoms with van der Waals surface area (Å²) in [6.45, 7) is 0. The van der Waals surface area contributed by atoms with Crippen molar-refractivity contribution >= 4 is 23.4 Å². The van der Waals surface area contributed by atoms with Gasteiger partial charge >= 0.3 is 5.97 Å². The molecule has 0 saturated heterocycles. The average molecular weight is 307 g/mol. The van der Waals surface area contributed by atoms with E-state index in [1.165, 1.54) is 36.0 Å². The van der Waals surface area contributed by atoms with Gasteiger partial charge in [-0.25, -0.2) is 9.18 Å². The Morgan fingerprint density at radius 3 is 2.71 bits per heavy atom. The van der Waals surface area contributed by atoms with E-state index in [0.717, 1.165) is 11.6 Å². The zero-order valence-corrected chi connectivity index (χ0v) is 11.5. The molecule has 2 aromatic carbocycles. The van der Waals surface area contributed by atoms with Crippen LogP contribution in [0.4, 0.5) is 10.1 Å². The molecule has 0 spiro atoms. The highest BCUT2D eigenvalue weighted by Crippen LogP contribution is 2.26. The summed E-state index contributed by atoms with van der Waals surface area (Å²) < 4.78 is 13.3. The van der Waals surface area contributed by atoms with Crippen LogP contribution in [0.5, 0.6) is 0 Å². The summed E-state index contributed by atoms with van der Waals surface area (Å²) in [6.07, 6.45) is 0. The van der Waals surface area contributed by atoms with Gasteiger partial charge in [0.05, 0.1) is 10.5 Å². The molecule has 108 valence electrons.